The van der Waals surface area contributed by atoms with Crippen LogP contribution in [0.3, 0.4) is 0 Å². The predicted molar refractivity (Wildman–Crippen MR) is 66.2 cm³/mol. The second-order valence-electron chi connectivity index (χ2n) is 3.42. The zero-order valence-electron chi connectivity index (χ0n) is 8.84. The van der Waals surface area contributed by atoms with E-state index in [0.717, 1.165) is 11.8 Å². The Kier molecular flexibility index (Phi) is 3.43. The zero-order chi connectivity index (χ0) is 12.3. The molecule has 2 rings (SSSR count). The number of carboxylic acids is 1. The number of benzene rings is 1. The van der Waals surface area contributed by atoms with E-state index in [1.807, 2.05) is 12.1 Å². The molecule has 88 valence electrons. The number of carbonyl (C=O) groups is 1. The third-order valence-electron chi connectivity index (χ3n) is 2.13. The molecule has 2 N–H and O–H groups in total. The molecule has 0 aliphatic heterocycles. The Morgan fingerprint density at radius 2 is 2.18 bits per heavy atom. The number of nitrogens with one attached hydrogen (secondary N) is 1. The first-order chi connectivity index (χ1) is 8.16. The summed E-state index contributed by atoms with van der Waals surface area (Å²) < 4.78 is 0. The molecular weight excluding hydrogens is 240 g/mol. The standard InChI is InChI=1S/C11H10N2O3S/c14-10(15)6-17-5-9-11(16)13-8-4-2-1-3-7(8)12-9/h1-4H,5-6H2,(H,13,16)(H,14,15). The summed E-state index contributed by atoms with van der Waals surface area (Å²) in [7, 11) is 0. The van der Waals surface area contributed by atoms with Gasteiger partial charge < -0.3 is 10.1 Å². The summed E-state index contributed by atoms with van der Waals surface area (Å²) in [4.78, 5) is 28.9. The van der Waals surface area contributed by atoms with Crippen LogP contribution in [0.25, 0.3) is 11.0 Å². The van der Waals surface area contributed by atoms with Crippen LogP contribution in [0.1, 0.15) is 5.69 Å². The van der Waals surface area contributed by atoms with Crippen LogP contribution >= 0.6 is 11.8 Å². The van der Waals surface area contributed by atoms with Crippen molar-refractivity contribution < 1.29 is 9.90 Å². The van der Waals surface area contributed by atoms with E-state index in [0.29, 0.717) is 22.5 Å². The largest absolute Gasteiger partial charge is 0.481 e. The highest BCUT2D eigenvalue weighted by molar-refractivity contribution is 7.99. The highest BCUT2D eigenvalue weighted by Crippen LogP contribution is 2.10. The zero-order valence-corrected chi connectivity index (χ0v) is 9.66. The quantitative estimate of drug-likeness (QED) is 0.853. The number of aromatic nitrogens is 2. The van der Waals surface area contributed by atoms with Gasteiger partial charge in [-0.15, -0.1) is 11.8 Å². The van der Waals surface area contributed by atoms with Crippen molar-refractivity contribution in [2.24, 2.45) is 0 Å². The normalized spacial score (nSPS) is 10.6. The van der Waals surface area contributed by atoms with Gasteiger partial charge >= 0.3 is 5.97 Å². The molecule has 0 fully saturated rings. The van der Waals surface area contributed by atoms with Crippen LogP contribution in [0, 0.1) is 0 Å². The van der Waals surface area contributed by atoms with Gasteiger partial charge in [-0.3, -0.25) is 9.59 Å². The Labute approximate surface area is 101 Å². The summed E-state index contributed by atoms with van der Waals surface area (Å²) in [5, 5.41) is 8.51. The maximum absolute atomic E-state index is 11.6. The lowest BCUT2D eigenvalue weighted by Gasteiger charge is -2.01. The average molecular weight is 250 g/mol. The molecule has 0 radical (unpaired) electrons. The van der Waals surface area contributed by atoms with Crippen LogP contribution in [0.5, 0.6) is 0 Å². The first kappa shape index (κ1) is 11.7. The maximum Gasteiger partial charge on any atom is 0.313 e. The molecule has 1 heterocycles. The van der Waals surface area contributed by atoms with E-state index in [-0.39, 0.29) is 11.3 Å². The van der Waals surface area contributed by atoms with E-state index < -0.39 is 5.97 Å². The molecule has 0 saturated heterocycles. The summed E-state index contributed by atoms with van der Waals surface area (Å²) in [6.45, 7) is 0. The third kappa shape index (κ3) is 2.85. The van der Waals surface area contributed by atoms with Gasteiger partial charge in [0.15, 0.2) is 0 Å². The van der Waals surface area contributed by atoms with E-state index >= 15 is 0 Å². The number of aliphatic carboxylic acids is 1. The Morgan fingerprint density at radius 1 is 1.41 bits per heavy atom. The lowest BCUT2D eigenvalue weighted by atomic mass is 10.3. The molecule has 5 nitrogen and oxygen atoms in total. The van der Waals surface area contributed by atoms with Crippen molar-refractivity contribution in [1.29, 1.82) is 0 Å². The molecule has 0 amide bonds. The van der Waals surface area contributed by atoms with E-state index in [1.165, 1.54) is 0 Å². The second-order valence-corrected chi connectivity index (χ2v) is 4.40. The van der Waals surface area contributed by atoms with Crippen LogP contribution in [0.4, 0.5) is 0 Å². The predicted octanol–water partition coefficient (Wildman–Crippen LogP) is 1.24. The molecule has 0 aliphatic rings. The number of aromatic amines is 1. The minimum absolute atomic E-state index is 0.0338. The minimum atomic E-state index is -0.896. The van der Waals surface area contributed by atoms with Crippen molar-refractivity contribution in [1.82, 2.24) is 9.97 Å². The molecule has 0 saturated carbocycles. The number of hydrogen-bond acceptors (Lipinski definition) is 4. The van der Waals surface area contributed by atoms with Crippen LogP contribution in [0.2, 0.25) is 0 Å². The molecule has 6 heteroatoms. The number of nitrogens with zero attached hydrogens (tertiary/aromatic N) is 1. The fraction of sp³-hybridized carbons (Fsp3) is 0.182. The molecule has 0 spiro atoms. The Hall–Kier alpha value is -1.82. The lowest BCUT2D eigenvalue weighted by Crippen LogP contribution is -2.14. The van der Waals surface area contributed by atoms with E-state index in [2.05, 4.69) is 9.97 Å². The van der Waals surface area contributed by atoms with Crippen molar-refractivity contribution in [3.05, 3.63) is 40.3 Å². The number of rotatable bonds is 4. The van der Waals surface area contributed by atoms with Gasteiger partial charge in [0.1, 0.15) is 5.69 Å². The SMILES string of the molecule is O=C(O)CSCc1nc2ccccc2[nH]c1=O. The fourth-order valence-electron chi connectivity index (χ4n) is 1.40. The third-order valence-corrected chi connectivity index (χ3v) is 3.06. The van der Waals surface area contributed by atoms with Crippen molar-refractivity contribution in [2.45, 2.75) is 5.75 Å². The summed E-state index contributed by atoms with van der Waals surface area (Å²) in [6.07, 6.45) is 0. The lowest BCUT2D eigenvalue weighted by molar-refractivity contribution is -0.133. The average Bonchev–Trinajstić information content (AvgIpc) is 2.29. The Bertz CT molecular complexity index is 609. The van der Waals surface area contributed by atoms with Crippen molar-refractivity contribution >= 4 is 28.8 Å². The van der Waals surface area contributed by atoms with Crippen molar-refractivity contribution in [3.8, 4) is 0 Å². The number of hydrogen-bond donors (Lipinski definition) is 2. The molecule has 17 heavy (non-hydrogen) atoms. The highest BCUT2D eigenvalue weighted by atomic mass is 32.2. The van der Waals surface area contributed by atoms with Gasteiger partial charge in [-0.1, -0.05) is 12.1 Å². The smallest absolute Gasteiger partial charge is 0.313 e. The molecule has 0 bridgehead atoms. The van der Waals surface area contributed by atoms with Crippen molar-refractivity contribution in [3.63, 3.8) is 0 Å². The van der Waals surface area contributed by atoms with Gasteiger partial charge in [0.05, 0.1) is 16.8 Å². The van der Waals surface area contributed by atoms with E-state index in [9.17, 15) is 9.59 Å². The van der Waals surface area contributed by atoms with Crippen LogP contribution in [-0.2, 0) is 10.5 Å². The monoisotopic (exact) mass is 250 g/mol. The summed E-state index contributed by atoms with van der Waals surface area (Å²) in [5.74, 6) is -0.632. The fourth-order valence-corrected chi connectivity index (χ4v) is 2.07. The summed E-state index contributed by atoms with van der Waals surface area (Å²) in [6, 6.07) is 7.23. The number of thioether (sulfide) groups is 1. The molecule has 1 aromatic carbocycles. The van der Waals surface area contributed by atoms with Crippen LogP contribution in [-0.4, -0.2) is 26.8 Å². The maximum atomic E-state index is 11.6. The number of para-hydroxylation sites is 2. The van der Waals surface area contributed by atoms with Gasteiger partial charge in [0.2, 0.25) is 0 Å². The topological polar surface area (TPSA) is 83.0 Å². The number of carboxylic acid groups (broad SMARTS) is 1. The van der Waals surface area contributed by atoms with E-state index in [1.54, 1.807) is 12.1 Å². The summed E-state index contributed by atoms with van der Waals surface area (Å²) >= 11 is 1.16. The molecule has 0 aliphatic carbocycles. The Morgan fingerprint density at radius 3 is 2.94 bits per heavy atom. The molecule has 1 aromatic heterocycles. The highest BCUT2D eigenvalue weighted by Gasteiger charge is 2.05. The van der Waals surface area contributed by atoms with Gasteiger partial charge in [-0.05, 0) is 12.1 Å². The Balaban J connectivity index is 2.25. The molecular formula is C11H10N2O3S. The first-order valence-electron chi connectivity index (χ1n) is 4.94. The number of H-pyrrole nitrogens is 1. The second kappa shape index (κ2) is 5.01. The van der Waals surface area contributed by atoms with Crippen LogP contribution in [0.15, 0.2) is 29.1 Å². The van der Waals surface area contributed by atoms with Crippen molar-refractivity contribution in [2.75, 3.05) is 5.75 Å². The van der Waals surface area contributed by atoms with E-state index in [4.69, 9.17) is 5.11 Å². The number of fused-ring (bicyclic) bond motifs is 1. The molecule has 2 aromatic rings. The van der Waals surface area contributed by atoms with Gasteiger partial charge in [0.25, 0.3) is 5.56 Å². The van der Waals surface area contributed by atoms with Gasteiger partial charge in [-0.25, -0.2) is 4.98 Å². The van der Waals surface area contributed by atoms with Crippen LogP contribution < -0.4 is 5.56 Å². The summed E-state index contributed by atoms with van der Waals surface area (Å²) in [5.41, 5.74) is 1.49. The minimum Gasteiger partial charge on any atom is -0.481 e. The van der Waals surface area contributed by atoms with Gasteiger partial charge in [0, 0.05) is 5.75 Å². The van der Waals surface area contributed by atoms with Gasteiger partial charge in [-0.2, -0.15) is 0 Å². The first-order valence-corrected chi connectivity index (χ1v) is 6.10. The molecule has 0 unspecified atom stereocenters. The molecule has 0 atom stereocenters.